The number of rotatable bonds is 3. The second-order valence-corrected chi connectivity index (χ2v) is 4.26. The molecule has 1 N–H and O–H groups in total. The molecule has 5 nitrogen and oxygen atoms in total. The molecule has 0 aromatic carbocycles. The van der Waals surface area contributed by atoms with E-state index in [1.165, 1.54) is 29.1 Å². The number of nitrogens with zero attached hydrogens (tertiary/aromatic N) is 2. The number of carbonyl (C=O) groups is 1. The van der Waals surface area contributed by atoms with Gasteiger partial charge in [0, 0.05) is 31.2 Å². The van der Waals surface area contributed by atoms with Crippen LogP contribution in [0.4, 0.5) is 5.69 Å². The van der Waals surface area contributed by atoms with Crippen LogP contribution in [-0.2, 0) is 6.54 Å². The zero-order chi connectivity index (χ0) is 13.8. The zero-order valence-corrected chi connectivity index (χ0v) is 11.0. The second kappa shape index (κ2) is 5.67. The molecule has 0 saturated carbocycles. The first-order valence-electron chi connectivity index (χ1n) is 5.73. The van der Waals surface area contributed by atoms with Crippen LogP contribution in [0.1, 0.15) is 17.3 Å². The fourth-order valence-corrected chi connectivity index (χ4v) is 1.82. The zero-order valence-electron chi connectivity index (χ0n) is 10.3. The number of aromatic nitrogens is 2. The number of aryl methyl sites for hydroxylation is 1. The van der Waals surface area contributed by atoms with Crippen LogP contribution < -0.4 is 10.9 Å². The molecular weight excluding hydrogens is 266 g/mol. The Kier molecular flexibility index (Phi) is 3.97. The van der Waals surface area contributed by atoms with Gasteiger partial charge < -0.3 is 9.88 Å². The number of nitrogens with one attached hydrogen (secondary N) is 1. The molecule has 0 saturated heterocycles. The summed E-state index contributed by atoms with van der Waals surface area (Å²) in [6, 6.07) is 4.50. The molecule has 2 heterocycles. The van der Waals surface area contributed by atoms with Gasteiger partial charge in [0.1, 0.15) is 0 Å². The van der Waals surface area contributed by atoms with Crippen molar-refractivity contribution in [1.29, 1.82) is 0 Å². The van der Waals surface area contributed by atoms with E-state index in [4.69, 9.17) is 11.6 Å². The summed E-state index contributed by atoms with van der Waals surface area (Å²) in [6.07, 6.45) is 4.49. The van der Waals surface area contributed by atoms with Crippen molar-refractivity contribution in [1.82, 2.24) is 9.55 Å². The van der Waals surface area contributed by atoms with Gasteiger partial charge in [0.05, 0.1) is 16.3 Å². The fraction of sp³-hybridized carbons (Fsp3) is 0.154. The average Bonchev–Trinajstić information content (AvgIpc) is 2.41. The first-order chi connectivity index (χ1) is 9.11. The molecule has 2 aromatic rings. The Balaban J connectivity index is 2.24. The van der Waals surface area contributed by atoms with E-state index in [-0.39, 0.29) is 16.5 Å². The minimum absolute atomic E-state index is 0.109. The number of halogens is 1. The number of carbonyl (C=O) groups excluding carboxylic acids is 1. The van der Waals surface area contributed by atoms with Crippen LogP contribution in [0.15, 0.2) is 41.6 Å². The quantitative estimate of drug-likeness (QED) is 0.935. The molecule has 1 amide bonds. The van der Waals surface area contributed by atoms with E-state index in [0.717, 1.165) is 0 Å². The molecule has 0 unspecified atom stereocenters. The summed E-state index contributed by atoms with van der Waals surface area (Å²) < 4.78 is 1.50. The van der Waals surface area contributed by atoms with E-state index >= 15 is 0 Å². The molecule has 0 atom stereocenters. The molecule has 6 heteroatoms. The smallest absolute Gasteiger partial charge is 0.257 e. The monoisotopic (exact) mass is 277 g/mol. The predicted octanol–water partition coefficient (Wildman–Crippen LogP) is 2.17. The van der Waals surface area contributed by atoms with Crippen LogP contribution in [-0.4, -0.2) is 15.5 Å². The van der Waals surface area contributed by atoms with Gasteiger partial charge in [-0.05, 0) is 19.1 Å². The highest BCUT2D eigenvalue weighted by Gasteiger charge is 2.10. The van der Waals surface area contributed by atoms with Gasteiger partial charge in [0.25, 0.3) is 11.5 Å². The first kappa shape index (κ1) is 13.3. The summed E-state index contributed by atoms with van der Waals surface area (Å²) in [5.74, 6) is -0.339. The Morgan fingerprint density at radius 3 is 2.89 bits per heavy atom. The van der Waals surface area contributed by atoms with Crippen LogP contribution in [0.2, 0.25) is 5.02 Å². The van der Waals surface area contributed by atoms with Crippen molar-refractivity contribution in [2.75, 3.05) is 5.32 Å². The summed E-state index contributed by atoms with van der Waals surface area (Å²) in [4.78, 5) is 27.3. The number of hydrogen-bond acceptors (Lipinski definition) is 3. The minimum atomic E-state index is -0.339. The van der Waals surface area contributed by atoms with Crippen molar-refractivity contribution in [3.05, 3.63) is 57.7 Å². The van der Waals surface area contributed by atoms with Crippen molar-refractivity contribution in [2.45, 2.75) is 13.5 Å². The molecule has 19 heavy (non-hydrogen) atoms. The van der Waals surface area contributed by atoms with Gasteiger partial charge >= 0.3 is 0 Å². The van der Waals surface area contributed by atoms with Crippen LogP contribution in [0.5, 0.6) is 0 Å². The summed E-state index contributed by atoms with van der Waals surface area (Å²) in [5.41, 5.74) is 0.771. The highest BCUT2D eigenvalue weighted by molar-refractivity contribution is 6.34. The third-order valence-electron chi connectivity index (χ3n) is 2.60. The standard InChI is InChI=1S/C13H12ClN3O2/c1-2-17-8-9(3-4-12(17)18)16-13(19)10-5-6-15-7-11(10)14/h3-8H,2H2,1H3,(H,16,19). The van der Waals surface area contributed by atoms with Crippen LogP contribution in [0, 0.1) is 0 Å². The lowest BCUT2D eigenvalue weighted by Gasteiger charge is -2.08. The van der Waals surface area contributed by atoms with Gasteiger partial charge in [-0.15, -0.1) is 0 Å². The number of pyridine rings is 2. The van der Waals surface area contributed by atoms with Gasteiger partial charge in [-0.25, -0.2) is 0 Å². The Hall–Kier alpha value is -2.14. The average molecular weight is 278 g/mol. The molecule has 0 bridgehead atoms. The molecule has 0 fully saturated rings. The van der Waals surface area contributed by atoms with Crippen molar-refractivity contribution < 1.29 is 4.79 Å². The van der Waals surface area contributed by atoms with E-state index in [1.54, 1.807) is 12.3 Å². The summed E-state index contributed by atoms with van der Waals surface area (Å²) in [5, 5.41) is 2.97. The molecule has 0 aliphatic rings. The minimum Gasteiger partial charge on any atom is -0.321 e. The van der Waals surface area contributed by atoms with E-state index in [2.05, 4.69) is 10.3 Å². The lowest BCUT2D eigenvalue weighted by Crippen LogP contribution is -2.20. The number of hydrogen-bond donors (Lipinski definition) is 1. The SMILES string of the molecule is CCn1cc(NC(=O)c2ccncc2Cl)ccc1=O. The van der Waals surface area contributed by atoms with E-state index in [0.29, 0.717) is 17.8 Å². The lowest BCUT2D eigenvalue weighted by molar-refractivity contribution is 0.102. The molecule has 2 rings (SSSR count). The normalized spacial score (nSPS) is 10.2. The lowest BCUT2D eigenvalue weighted by atomic mass is 10.2. The van der Waals surface area contributed by atoms with Crippen LogP contribution in [0.3, 0.4) is 0 Å². The largest absolute Gasteiger partial charge is 0.321 e. The molecule has 98 valence electrons. The molecule has 0 spiro atoms. The van der Waals surface area contributed by atoms with Crippen molar-refractivity contribution in [3.8, 4) is 0 Å². The molecule has 0 aliphatic heterocycles. The van der Waals surface area contributed by atoms with Crippen molar-refractivity contribution in [3.63, 3.8) is 0 Å². The topological polar surface area (TPSA) is 64.0 Å². The third-order valence-corrected chi connectivity index (χ3v) is 2.90. The summed E-state index contributed by atoms with van der Waals surface area (Å²) in [7, 11) is 0. The molecular formula is C13H12ClN3O2. The van der Waals surface area contributed by atoms with Crippen molar-refractivity contribution in [2.24, 2.45) is 0 Å². The first-order valence-corrected chi connectivity index (χ1v) is 6.11. The third kappa shape index (κ3) is 3.00. The van der Waals surface area contributed by atoms with Crippen molar-refractivity contribution >= 4 is 23.2 Å². The number of anilines is 1. The predicted molar refractivity (Wildman–Crippen MR) is 73.6 cm³/mol. The Bertz CT molecular complexity index is 667. The van der Waals surface area contributed by atoms with E-state index < -0.39 is 0 Å². The van der Waals surface area contributed by atoms with Gasteiger partial charge in [0.2, 0.25) is 0 Å². The molecule has 2 aromatic heterocycles. The summed E-state index contributed by atoms with van der Waals surface area (Å²) >= 11 is 5.89. The fourth-order valence-electron chi connectivity index (χ4n) is 1.61. The molecule has 0 aliphatic carbocycles. The summed E-state index contributed by atoms with van der Waals surface area (Å²) in [6.45, 7) is 2.39. The Labute approximate surface area is 114 Å². The van der Waals surface area contributed by atoms with Crippen LogP contribution in [0.25, 0.3) is 0 Å². The molecule has 0 radical (unpaired) electrons. The van der Waals surface area contributed by atoms with E-state index in [1.807, 2.05) is 6.92 Å². The number of amides is 1. The Morgan fingerprint density at radius 2 is 2.21 bits per heavy atom. The highest BCUT2D eigenvalue weighted by atomic mass is 35.5. The maximum Gasteiger partial charge on any atom is 0.257 e. The Morgan fingerprint density at radius 1 is 1.42 bits per heavy atom. The van der Waals surface area contributed by atoms with Crippen LogP contribution >= 0.6 is 11.6 Å². The van der Waals surface area contributed by atoms with Gasteiger partial charge in [-0.3, -0.25) is 14.6 Å². The van der Waals surface area contributed by atoms with E-state index in [9.17, 15) is 9.59 Å². The highest BCUT2D eigenvalue weighted by Crippen LogP contribution is 2.15. The maximum atomic E-state index is 12.0. The second-order valence-electron chi connectivity index (χ2n) is 3.85. The van der Waals surface area contributed by atoms with Gasteiger partial charge in [0.15, 0.2) is 0 Å². The van der Waals surface area contributed by atoms with Gasteiger partial charge in [-0.2, -0.15) is 0 Å². The maximum absolute atomic E-state index is 12.0. The van der Waals surface area contributed by atoms with Gasteiger partial charge in [-0.1, -0.05) is 11.6 Å².